The van der Waals surface area contributed by atoms with Crippen LogP contribution in [0.5, 0.6) is 0 Å². The lowest BCUT2D eigenvalue weighted by molar-refractivity contribution is -0.156. The number of rotatable bonds is 20. The van der Waals surface area contributed by atoms with Crippen molar-refractivity contribution in [3.05, 3.63) is 0 Å². The summed E-state index contributed by atoms with van der Waals surface area (Å²) in [6.07, 6.45) is 8.50. The fraction of sp³-hybridized carbons (Fsp3) is 0.818. The van der Waals surface area contributed by atoms with Gasteiger partial charge in [0, 0.05) is 6.42 Å². The lowest BCUT2D eigenvalue weighted by Crippen LogP contribution is -2.33. The quantitative estimate of drug-likeness (QED) is 0.204. The summed E-state index contributed by atoms with van der Waals surface area (Å²) in [6.45, 7) is 2.04. The van der Waals surface area contributed by atoms with Crippen molar-refractivity contribution >= 4 is 23.9 Å². The minimum Gasteiger partial charge on any atom is -0.481 e. The Bertz CT molecular complexity index is 531. The first-order chi connectivity index (χ1) is 14.2. The average molecular weight is 431 g/mol. The van der Waals surface area contributed by atoms with E-state index in [9.17, 15) is 34.5 Å². The molecule has 0 amide bonds. The molecule has 0 aromatic heterocycles. The molecule has 0 saturated carbocycles. The van der Waals surface area contributed by atoms with Crippen LogP contribution in [0.3, 0.4) is 0 Å². The van der Waals surface area contributed by atoms with Crippen LogP contribution in [0.1, 0.15) is 96.8 Å². The molecule has 0 fully saturated rings. The maximum Gasteiger partial charge on any atom is 0.307 e. The van der Waals surface area contributed by atoms with Gasteiger partial charge in [0.05, 0.1) is 17.8 Å². The Labute approximate surface area is 178 Å². The van der Waals surface area contributed by atoms with Crippen molar-refractivity contribution in [1.29, 1.82) is 0 Å². The number of unbranched alkanes of at least 4 members (excludes halogenated alkanes) is 8. The van der Waals surface area contributed by atoms with Crippen LogP contribution in [-0.4, -0.2) is 44.3 Å². The van der Waals surface area contributed by atoms with Crippen LogP contribution in [0.25, 0.3) is 0 Å². The van der Waals surface area contributed by atoms with E-state index in [1.807, 2.05) is 6.92 Å². The standard InChI is InChI=1S/C22H38O8/c1-2-3-4-9-12-16(20(25)26)15-18(22(29)30)17(21(27)28)13-10-7-5-6-8-11-14-19(23)24/h16-18H,2-15H2,1H3,(H,23,24)(H,25,26)(H,27,28)(H,29,30). The third-order valence-corrected chi connectivity index (χ3v) is 5.57. The van der Waals surface area contributed by atoms with Gasteiger partial charge in [-0.15, -0.1) is 0 Å². The summed E-state index contributed by atoms with van der Waals surface area (Å²) in [7, 11) is 0. The monoisotopic (exact) mass is 430 g/mol. The maximum absolute atomic E-state index is 11.7. The minimum absolute atomic E-state index is 0.143. The lowest BCUT2D eigenvalue weighted by atomic mass is 9.80. The first-order valence-electron chi connectivity index (χ1n) is 11.1. The first-order valence-corrected chi connectivity index (χ1v) is 11.1. The Morgan fingerprint density at radius 1 is 0.600 bits per heavy atom. The lowest BCUT2D eigenvalue weighted by Gasteiger charge is -2.23. The predicted molar refractivity (Wildman–Crippen MR) is 111 cm³/mol. The van der Waals surface area contributed by atoms with Gasteiger partial charge in [-0.1, -0.05) is 64.7 Å². The highest BCUT2D eigenvalue weighted by Crippen LogP contribution is 2.29. The molecule has 0 aliphatic heterocycles. The summed E-state index contributed by atoms with van der Waals surface area (Å²) in [5, 5.41) is 37.2. The summed E-state index contributed by atoms with van der Waals surface area (Å²) in [5.74, 6) is -7.50. The molecule has 0 aliphatic carbocycles. The zero-order chi connectivity index (χ0) is 22.9. The molecule has 4 N–H and O–H groups in total. The van der Waals surface area contributed by atoms with Crippen molar-refractivity contribution in [2.24, 2.45) is 17.8 Å². The molecule has 0 aromatic rings. The zero-order valence-electron chi connectivity index (χ0n) is 18.1. The Morgan fingerprint density at radius 3 is 1.60 bits per heavy atom. The molecule has 8 nitrogen and oxygen atoms in total. The maximum atomic E-state index is 11.7. The van der Waals surface area contributed by atoms with E-state index in [0.717, 1.165) is 44.9 Å². The van der Waals surface area contributed by atoms with E-state index in [1.165, 1.54) is 0 Å². The first kappa shape index (κ1) is 27.9. The van der Waals surface area contributed by atoms with Gasteiger partial charge in [0.25, 0.3) is 0 Å². The van der Waals surface area contributed by atoms with E-state index in [-0.39, 0.29) is 19.3 Å². The second-order valence-electron chi connectivity index (χ2n) is 8.06. The van der Waals surface area contributed by atoms with Crippen LogP contribution in [-0.2, 0) is 19.2 Å². The number of carboxylic acid groups (broad SMARTS) is 4. The predicted octanol–water partition coefficient (Wildman–Crippen LogP) is 4.65. The molecule has 0 aromatic carbocycles. The molecular formula is C22H38O8. The van der Waals surface area contributed by atoms with Crippen molar-refractivity contribution in [2.45, 2.75) is 96.8 Å². The van der Waals surface area contributed by atoms with Crippen LogP contribution in [0, 0.1) is 17.8 Å². The molecule has 3 unspecified atom stereocenters. The van der Waals surface area contributed by atoms with Crippen molar-refractivity contribution in [2.75, 3.05) is 0 Å². The van der Waals surface area contributed by atoms with Gasteiger partial charge in [0.2, 0.25) is 0 Å². The summed E-state index contributed by atoms with van der Waals surface area (Å²) in [5.41, 5.74) is 0. The number of hydrogen-bond acceptors (Lipinski definition) is 4. The van der Waals surface area contributed by atoms with E-state index in [4.69, 9.17) is 5.11 Å². The highest BCUT2D eigenvalue weighted by Gasteiger charge is 2.36. The molecule has 0 radical (unpaired) electrons. The third-order valence-electron chi connectivity index (χ3n) is 5.57. The van der Waals surface area contributed by atoms with Crippen molar-refractivity contribution in [3.8, 4) is 0 Å². The zero-order valence-corrected chi connectivity index (χ0v) is 18.1. The second kappa shape index (κ2) is 16.7. The Balaban J connectivity index is 4.63. The number of aliphatic carboxylic acids is 4. The van der Waals surface area contributed by atoms with Crippen molar-refractivity contribution in [1.82, 2.24) is 0 Å². The van der Waals surface area contributed by atoms with Gasteiger partial charge in [-0.05, 0) is 25.7 Å². The van der Waals surface area contributed by atoms with E-state index in [1.54, 1.807) is 0 Å². The number of carbonyl (C=O) groups is 4. The molecule has 0 rings (SSSR count). The van der Waals surface area contributed by atoms with Gasteiger partial charge in [0.15, 0.2) is 0 Å². The molecule has 8 heteroatoms. The molecule has 174 valence electrons. The van der Waals surface area contributed by atoms with Gasteiger partial charge in [0.1, 0.15) is 0 Å². The Hall–Kier alpha value is -2.12. The van der Waals surface area contributed by atoms with Gasteiger partial charge in [-0.3, -0.25) is 19.2 Å². The highest BCUT2D eigenvalue weighted by molar-refractivity contribution is 5.81. The van der Waals surface area contributed by atoms with Crippen LogP contribution in [0.4, 0.5) is 0 Å². The van der Waals surface area contributed by atoms with Crippen LogP contribution in [0.15, 0.2) is 0 Å². The smallest absolute Gasteiger partial charge is 0.307 e. The molecule has 0 heterocycles. The van der Waals surface area contributed by atoms with Gasteiger partial charge in [-0.25, -0.2) is 0 Å². The van der Waals surface area contributed by atoms with E-state index in [0.29, 0.717) is 25.7 Å². The molecule has 0 bridgehead atoms. The van der Waals surface area contributed by atoms with E-state index in [2.05, 4.69) is 0 Å². The Kier molecular flexibility index (Phi) is 15.5. The minimum atomic E-state index is -1.25. The SMILES string of the molecule is CCCCCCC(CC(C(=O)O)C(CCCCCCCCC(=O)O)C(=O)O)C(=O)O. The highest BCUT2D eigenvalue weighted by atomic mass is 16.4. The second-order valence-corrected chi connectivity index (χ2v) is 8.06. The van der Waals surface area contributed by atoms with Gasteiger partial charge in [-0.2, -0.15) is 0 Å². The topological polar surface area (TPSA) is 149 Å². The molecule has 0 aliphatic rings. The normalized spacial score (nSPS) is 14.0. The summed E-state index contributed by atoms with van der Waals surface area (Å²) < 4.78 is 0. The summed E-state index contributed by atoms with van der Waals surface area (Å²) in [6, 6.07) is 0. The fourth-order valence-electron chi connectivity index (χ4n) is 3.75. The molecule has 0 spiro atoms. The van der Waals surface area contributed by atoms with E-state index < -0.39 is 41.6 Å². The Morgan fingerprint density at radius 2 is 1.10 bits per heavy atom. The van der Waals surface area contributed by atoms with Gasteiger partial charge < -0.3 is 20.4 Å². The molecule has 30 heavy (non-hydrogen) atoms. The molecule has 0 saturated heterocycles. The molecule has 3 atom stereocenters. The van der Waals surface area contributed by atoms with Crippen LogP contribution >= 0.6 is 0 Å². The number of hydrogen-bond donors (Lipinski definition) is 4. The molecular weight excluding hydrogens is 392 g/mol. The largest absolute Gasteiger partial charge is 0.481 e. The van der Waals surface area contributed by atoms with Crippen LogP contribution in [0.2, 0.25) is 0 Å². The van der Waals surface area contributed by atoms with Crippen molar-refractivity contribution < 1.29 is 39.6 Å². The third kappa shape index (κ3) is 13.2. The van der Waals surface area contributed by atoms with Gasteiger partial charge >= 0.3 is 23.9 Å². The fourth-order valence-corrected chi connectivity index (χ4v) is 3.75. The summed E-state index contributed by atoms with van der Waals surface area (Å²) in [4.78, 5) is 45.5. The van der Waals surface area contributed by atoms with Crippen LogP contribution < -0.4 is 0 Å². The van der Waals surface area contributed by atoms with E-state index >= 15 is 0 Å². The van der Waals surface area contributed by atoms with Crippen molar-refractivity contribution in [3.63, 3.8) is 0 Å². The average Bonchev–Trinajstić information content (AvgIpc) is 2.66. The summed E-state index contributed by atoms with van der Waals surface area (Å²) >= 11 is 0. The number of carboxylic acids is 4.